The maximum Gasteiger partial charge on any atom is 0.246 e. The molecule has 1 saturated heterocycles. The van der Waals surface area contributed by atoms with E-state index in [0.717, 1.165) is 42.5 Å². The number of nitrogens with zero attached hydrogens (tertiary/aromatic N) is 2. The number of benzene rings is 1. The number of fused-ring (bicyclic) bond motifs is 4. The number of aromatic amines is 1. The van der Waals surface area contributed by atoms with Crippen LogP contribution in [-0.2, 0) is 20.7 Å². The topological polar surface area (TPSA) is 65.6 Å². The van der Waals surface area contributed by atoms with Gasteiger partial charge in [-0.1, -0.05) is 31.5 Å². The number of amides is 2. The van der Waals surface area contributed by atoms with Crippen LogP contribution in [0.15, 0.2) is 24.3 Å². The third-order valence-electron chi connectivity index (χ3n) is 5.98. The number of hydrogen-bond donors (Lipinski definition) is 1. The van der Waals surface area contributed by atoms with Gasteiger partial charge in [0.1, 0.15) is 6.04 Å². The summed E-state index contributed by atoms with van der Waals surface area (Å²) in [5.74, 6) is 0.101. The van der Waals surface area contributed by atoms with Crippen molar-refractivity contribution in [3.05, 3.63) is 35.5 Å². The van der Waals surface area contributed by atoms with Gasteiger partial charge in [0.05, 0.1) is 12.6 Å². The number of piperazine rings is 1. The van der Waals surface area contributed by atoms with E-state index in [-0.39, 0.29) is 24.4 Å². The first-order valence-electron chi connectivity index (χ1n) is 10.4. The Hall–Kier alpha value is -2.34. The molecule has 0 radical (unpaired) electrons. The molecule has 2 atom stereocenters. The molecule has 2 aromatic rings. The minimum Gasteiger partial charge on any atom is -0.381 e. The summed E-state index contributed by atoms with van der Waals surface area (Å²) in [5.41, 5.74) is 3.31. The number of unbranched alkanes of at least 4 members (excludes halogenated alkanes) is 1. The van der Waals surface area contributed by atoms with Crippen LogP contribution in [0.25, 0.3) is 10.9 Å². The summed E-state index contributed by atoms with van der Waals surface area (Å²) < 4.78 is 5.60. The first kappa shape index (κ1) is 19.0. The Morgan fingerprint density at radius 1 is 1.18 bits per heavy atom. The fraction of sp³-hybridized carbons (Fsp3) is 0.545. The van der Waals surface area contributed by atoms with Gasteiger partial charge in [-0.2, -0.15) is 0 Å². The molecule has 0 saturated carbocycles. The lowest BCUT2D eigenvalue weighted by molar-refractivity contribution is -0.159. The second-order valence-electron chi connectivity index (χ2n) is 7.84. The smallest absolute Gasteiger partial charge is 0.246 e. The first-order valence-corrected chi connectivity index (χ1v) is 10.4. The van der Waals surface area contributed by atoms with Crippen LogP contribution < -0.4 is 0 Å². The molecule has 3 heterocycles. The number of para-hydroxylation sites is 1. The Bertz CT molecular complexity index is 875. The van der Waals surface area contributed by atoms with E-state index in [1.54, 1.807) is 9.80 Å². The SMILES string of the molecule is CCCCOCCCN1CC(=O)N2[C@H](Cc3c([nH]c4ccccc34)[C@H]2C)C1=O. The Kier molecular flexibility index (Phi) is 5.40. The highest BCUT2D eigenvalue weighted by atomic mass is 16.5. The van der Waals surface area contributed by atoms with Crippen molar-refractivity contribution in [1.82, 2.24) is 14.8 Å². The van der Waals surface area contributed by atoms with Gasteiger partial charge >= 0.3 is 0 Å². The lowest BCUT2D eigenvalue weighted by Crippen LogP contribution is -2.62. The van der Waals surface area contributed by atoms with E-state index < -0.39 is 6.04 Å². The van der Waals surface area contributed by atoms with E-state index in [1.165, 1.54) is 5.56 Å². The standard InChI is InChI=1S/C22H29N3O3/c1-3-4-11-28-12-7-10-24-14-20(26)25-15(2)21-17(13-19(25)22(24)27)16-8-5-6-9-18(16)23-21/h5-6,8-9,15,19,23H,3-4,7,10-14H2,1-2H3/t15-,19-/m1/s1. The summed E-state index contributed by atoms with van der Waals surface area (Å²) in [6.45, 7) is 6.30. The second-order valence-corrected chi connectivity index (χ2v) is 7.84. The largest absolute Gasteiger partial charge is 0.381 e. The van der Waals surface area contributed by atoms with Crippen molar-refractivity contribution in [2.24, 2.45) is 0 Å². The van der Waals surface area contributed by atoms with Crippen molar-refractivity contribution >= 4 is 22.7 Å². The predicted molar refractivity (Wildman–Crippen MR) is 108 cm³/mol. The lowest BCUT2D eigenvalue weighted by atomic mass is 9.90. The van der Waals surface area contributed by atoms with Gasteiger partial charge in [-0.15, -0.1) is 0 Å². The maximum absolute atomic E-state index is 13.2. The molecule has 2 amide bonds. The average molecular weight is 383 g/mol. The van der Waals surface area contributed by atoms with Gasteiger partial charge < -0.3 is 19.5 Å². The highest BCUT2D eigenvalue weighted by Gasteiger charge is 2.45. The van der Waals surface area contributed by atoms with Crippen LogP contribution >= 0.6 is 0 Å². The van der Waals surface area contributed by atoms with E-state index in [9.17, 15) is 9.59 Å². The van der Waals surface area contributed by atoms with Crippen LogP contribution in [0.1, 0.15) is 50.4 Å². The summed E-state index contributed by atoms with van der Waals surface area (Å²) in [6.07, 6.45) is 3.52. The number of carbonyl (C=O) groups excluding carboxylic acids is 2. The number of hydrogen-bond acceptors (Lipinski definition) is 3. The number of rotatable bonds is 7. The molecule has 2 aliphatic heterocycles. The van der Waals surface area contributed by atoms with E-state index in [2.05, 4.69) is 18.0 Å². The van der Waals surface area contributed by atoms with Crippen molar-refractivity contribution in [1.29, 1.82) is 0 Å². The van der Waals surface area contributed by atoms with E-state index in [4.69, 9.17) is 4.74 Å². The van der Waals surface area contributed by atoms with Gasteiger partial charge in [0.15, 0.2) is 0 Å². The highest BCUT2D eigenvalue weighted by Crippen LogP contribution is 2.38. The molecule has 28 heavy (non-hydrogen) atoms. The monoisotopic (exact) mass is 383 g/mol. The zero-order chi connectivity index (χ0) is 19.7. The van der Waals surface area contributed by atoms with Gasteiger partial charge in [-0.25, -0.2) is 0 Å². The fourth-order valence-corrected chi connectivity index (χ4v) is 4.52. The molecular weight excluding hydrogens is 354 g/mol. The normalized spacial score (nSPS) is 21.9. The molecule has 1 aromatic carbocycles. The molecule has 6 heteroatoms. The summed E-state index contributed by atoms with van der Waals surface area (Å²) in [5, 5.41) is 1.16. The number of H-pyrrole nitrogens is 1. The Morgan fingerprint density at radius 2 is 1.96 bits per heavy atom. The summed E-state index contributed by atoms with van der Waals surface area (Å²) >= 11 is 0. The third kappa shape index (κ3) is 3.30. The molecule has 2 aliphatic rings. The van der Waals surface area contributed by atoms with Crippen LogP contribution in [0.2, 0.25) is 0 Å². The fourth-order valence-electron chi connectivity index (χ4n) is 4.52. The van der Waals surface area contributed by atoms with Crippen LogP contribution in [0.3, 0.4) is 0 Å². The van der Waals surface area contributed by atoms with Crippen molar-refractivity contribution in [2.75, 3.05) is 26.3 Å². The Labute approximate surface area is 165 Å². The molecule has 0 spiro atoms. The van der Waals surface area contributed by atoms with Crippen molar-refractivity contribution in [3.63, 3.8) is 0 Å². The zero-order valence-corrected chi connectivity index (χ0v) is 16.7. The average Bonchev–Trinajstić information content (AvgIpc) is 3.07. The predicted octanol–water partition coefficient (Wildman–Crippen LogP) is 3.03. The van der Waals surface area contributed by atoms with Crippen LogP contribution in [-0.4, -0.2) is 58.9 Å². The minimum atomic E-state index is -0.399. The molecule has 6 nitrogen and oxygen atoms in total. The van der Waals surface area contributed by atoms with Crippen LogP contribution in [0, 0.1) is 0 Å². The number of carbonyl (C=O) groups is 2. The maximum atomic E-state index is 13.2. The number of aromatic nitrogens is 1. The van der Waals surface area contributed by atoms with Crippen molar-refractivity contribution in [2.45, 2.75) is 51.6 Å². The zero-order valence-electron chi connectivity index (χ0n) is 16.7. The summed E-state index contributed by atoms with van der Waals surface area (Å²) in [4.78, 5) is 33.0. The summed E-state index contributed by atoms with van der Waals surface area (Å²) in [7, 11) is 0. The molecular formula is C22H29N3O3. The molecule has 0 bridgehead atoms. The molecule has 0 aliphatic carbocycles. The Balaban J connectivity index is 1.49. The number of nitrogens with one attached hydrogen (secondary N) is 1. The lowest BCUT2D eigenvalue weighted by Gasteiger charge is -2.46. The quantitative estimate of drug-likeness (QED) is 0.748. The minimum absolute atomic E-state index is 0.0355. The van der Waals surface area contributed by atoms with Crippen LogP contribution in [0.4, 0.5) is 0 Å². The number of ether oxygens (including phenoxy) is 1. The Morgan fingerprint density at radius 3 is 2.79 bits per heavy atom. The van der Waals surface area contributed by atoms with E-state index in [1.807, 2.05) is 25.1 Å². The van der Waals surface area contributed by atoms with Gasteiger partial charge in [-0.05, 0) is 31.4 Å². The molecule has 4 rings (SSSR count). The van der Waals surface area contributed by atoms with Crippen molar-refractivity contribution in [3.8, 4) is 0 Å². The van der Waals surface area contributed by atoms with E-state index >= 15 is 0 Å². The molecule has 0 unspecified atom stereocenters. The van der Waals surface area contributed by atoms with Gasteiger partial charge in [0, 0.05) is 42.8 Å². The first-order chi connectivity index (χ1) is 13.6. The van der Waals surface area contributed by atoms with Crippen molar-refractivity contribution < 1.29 is 14.3 Å². The second kappa shape index (κ2) is 7.95. The highest BCUT2D eigenvalue weighted by molar-refractivity contribution is 5.97. The molecule has 1 aromatic heterocycles. The molecule has 150 valence electrons. The van der Waals surface area contributed by atoms with Gasteiger partial charge in [0.25, 0.3) is 0 Å². The summed E-state index contributed by atoms with van der Waals surface area (Å²) in [6, 6.07) is 7.65. The molecule has 1 N–H and O–H groups in total. The molecule has 1 fully saturated rings. The van der Waals surface area contributed by atoms with Gasteiger partial charge in [0.2, 0.25) is 11.8 Å². The van der Waals surface area contributed by atoms with Gasteiger partial charge in [-0.3, -0.25) is 9.59 Å². The van der Waals surface area contributed by atoms with Crippen LogP contribution in [0.5, 0.6) is 0 Å². The third-order valence-corrected chi connectivity index (χ3v) is 5.98. The van der Waals surface area contributed by atoms with E-state index in [0.29, 0.717) is 19.6 Å².